The van der Waals surface area contributed by atoms with Crippen LogP contribution in [-0.2, 0) is 4.79 Å². The summed E-state index contributed by atoms with van der Waals surface area (Å²) >= 11 is 1.39. The highest BCUT2D eigenvalue weighted by molar-refractivity contribution is 8.00. The maximum Gasteiger partial charge on any atom is 0.253 e. The first-order valence-electron chi connectivity index (χ1n) is 10.4. The standard InChI is InChI=1S/C25H24N2O4S/c1-17(18-7-3-2-4-8-18)26-25(29)20-9-5-6-10-21(20)27-24(28)16-32-19-11-12-22-23(15-19)31-14-13-30-22/h2-12,15,17H,13-14,16H2,1H3,(H,26,29)(H,27,28)/t17-/m0/s1. The minimum Gasteiger partial charge on any atom is -0.486 e. The first-order chi connectivity index (χ1) is 15.6. The van der Waals surface area contributed by atoms with E-state index in [1.165, 1.54) is 11.8 Å². The maximum absolute atomic E-state index is 12.9. The number of thioether (sulfide) groups is 1. The zero-order valence-electron chi connectivity index (χ0n) is 17.7. The number of carbonyl (C=O) groups excluding carboxylic acids is 2. The summed E-state index contributed by atoms with van der Waals surface area (Å²) in [6.45, 7) is 2.99. The molecule has 0 aliphatic carbocycles. The SMILES string of the molecule is C[C@H](NC(=O)c1ccccc1NC(=O)CSc1ccc2c(c1)OCCO2)c1ccccc1. The Hall–Kier alpha value is -3.45. The number of hydrogen-bond acceptors (Lipinski definition) is 5. The van der Waals surface area contributed by atoms with Crippen molar-refractivity contribution in [3.63, 3.8) is 0 Å². The zero-order valence-corrected chi connectivity index (χ0v) is 18.5. The normalized spacial score (nSPS) is 13.2. The van der Waals surface area contributed by atoms with E-state index in [0.717, 1.165) is 16.2 Å². The molecule has 1 heterocycles. The molecule has 1 aliphatic heterocycles. The van der Waals surface area contributed by atoms with Crippen LogP contribution in [0.5, 0.6) is 11.5 Å². The molecule has 0 saturated carbocycles. The minimum absolute atomic E-state index is 0.154. The molecular weight excluding hydrogens is 424 g/mol. The minimum atomic E-state index is -0.239. The van der Waals surface area contributed by atoms with Gasteiger partial charge in [-0.3, -0.25) is 9.59 Å². The van der Waals surface area contributed by atoms with Crippen molar-refractivity contribution in [1.82, 2.24) is 5.32 Å². The summed E-state index contributed by atoms with van der Waals surface area (Å²) in [5.41, 5.74) is 1.92. The summed E-state index contributed by atoms with van der Waals surface area (Å²) in [6, 6.07) is 22.2. The van der Waals surface area contributed by atoms with Crippen molar-refractivity contribution in [1.29, 1.82) is 0 Å². The van der Waals surface area contributed by atoms with E-state index in [4.69, 9.17) is 9.47 Å². The third-order valence-corrected chi connectivity index (χ3v) is 5.97. The molecule has 2 N–H and O–H groups in total. The van der Waals surface area contributed by atoms with Gasteiger partial charge in [0, 0.05) is 4.90 Å². The molecule has 0 fully saturated rings. The van der Waals surface area contributed by atoms with E-state index in [0.29, 0.717) is 30.2 Å². The third kappa shape index (κ3) is 5.42. The molecular formula is C25H24N2O4S. The number of anilines is 1. The van der Waals surface area contributed by atoms with Crippen LogP contribution in [0.3, 0.4) is 0 Å². The molecule has 164 valence electrons. The number of nitrogens with one attached hydrogen (secondary N) is 2. The molecule has 0 unspecified atom stereocenters. The lowest BCUT2D eigenvalue weighted by atomic mass is 10.1. The van der Waals surface area contributed by atoms with Crippen molar-refractivity contribution < 1.29 is 19.1 Å². The molecule has 0 saturated heterocycles. The number of carbonyl (C=O) groups is 2. The van der Waals surface area contributed by atoms with Crippen LogP contribution in [0, 0.1) is 0 Å². The van der Waals surface area contributed by atoms with Crippen molar-refractivity contribution in [2.75, 3.05) is 24.3 Å². The number of amides is 2. The molecule has 4 rings (SSSR count). The van der Waals surface area contributed by atoms with Crippen LogP contribution in [0.25, 0.3) is 0 Å². The number of para-hydroxylation sites is 1. The van der Waals surface area contributed by atoms with Gasteiger partial charge in [-0.15, -0.1) is 11.8 Å². The predicted molar refractivity (Wildman–Crippen MR) is 126 cm³/mol. The van der Waals surface area contributed by atoms with Crippen LogP contribution >= 0.6 is 11.8 Å². The Morgan fingerprint density at radius 1 is 0.938 bits per heavy atom. The Morgan fingerprint density at radius 3 is 2.47 bits per heavy atom. The molecule has 2 amide bonds. The molecule has 32 heavy (non-hydrogen) atoms. The summed E-state index contributed by atoms with van der Waals surface area (Å²) in [4.78, 5) is 26.3. The zero-order chi connectivity index (χ0) is 22.3. The number of rotatable bonds is 7. The van der Waals surface area contributed by atoms with Crippen LogP contribution in [0.2, 0.25) is 0 Å². The van der Waals surface area contributed by atoms with Crippen molar-refractivity contribution in [2.24, 2.45) is 0 Å². The molecule has 1 atom stereocenters. The van der Waals surface area contributed by atoms with Crippen LogP contribution in [0.4, 0.5) is 5.69 Å². The second kappa shape index (κ2) is 10.2. The number of ether oxygens (including phenoxy) is 2. The summed E-state index contributed by atoms with van der Waals surface area (Å²) in [6.07, 6.45) is 0. The lowest BCUT2D eigenvalue weighted by molar-refractivity contribution is -0.113. The Kier molecular flexibility index (Phi) is 6.97. The summed E-state index contributed by atoms with van der Waals surface area (Å²) in [7, 11) is 0. The molecule has 6 nitrogen and oxygen atoms in total. The highest BCUT2D eigenvalue weighted by Gasteiger charge is 2.17. The van der Waals surface area contributed by atoms with Crippen molar-refractivity contribution >= 4 is 29.3 Å². The van der Waals surface area contributed by atoms with Crippen LogP contribution in [0.1, 0.15) is 28.9 Å². The van der Waals surface area contributed by atoms with E-state index in [2.05, 4.69) is 10.6 Å². The van der Waals surface area contributed by atoms with E-state index in [9.17, 15) is 9.59 Å². The number of benzene rings is 3. The van der Waals surface area contributed by atoms with Gasteiger partial charge in [0.15, 0.2) is 11.5 Å². The summed E-state index contributed by atoms with van der Waals surface area (Å²) < 4.78 is 11.1. The fourth-order valence-corrected chi connectivity index (χ4v) is 4.06. The third-order valence-electron chi connectivity index (χ3n) is 4.98. The van der Waals surface area contributed by atoms with Gasteiger partial charge in [-0.05, 0) is 42.8 Å². The second-order valence-electron chi connectivity index (χ2n) is 7.29. The lowest BCUT2D eigenvalue weighted by Crippen LogP contribution is -2.28. The highest BCUT2D eigenvalue weighted by Crippen LogP contribution is 2.34. The Labute approximate surface area is 191 Å². The molecule has 0 bridgehead atoms. The van der Waals surface area contributed by atoms with Gasteiger partial charge >= 0.3 is 0 Å². The number of hydrogen-bond donors (Lipinski definition) is 2. The summed E-state index contributed by atoms with van der Waals surface area (Å²) in [5.74, 6) is 1.18. The smallest absolute Gasteiger partial charge is 0.253 e. The topological polar surface area (TPSA) is 76.7 Å². The second-order valence-corrected chi connectivity index (χ2v) is 8.34. The van der Waals surface area contributed by atoms with Gasteiger partial charge in [0.2, 0.25) is 5.91 Å². The van der Waals surface area contributed by atoms with E-state index >= 15 is 0 Å². The van der Waals surface area contributed by atoms with Gasteiger partial charge in [0.1, 0.15) is 13.2 Å². The van der Waals surface area contributed by atoms with Gasteiger partial charge in [-0.2, -0.15) is 0 Å². The predicted octanol–water partition coefficient (Wildman–Crippen LogP) is 4.68. The van der Waals surface area contributed by atoms with Crippen LogP contribution in [-0.4, -0.2) is 30.8 Å². The van der Waals surface area contributed by atoms with E-state index in [1.807, 2.05) is 55.5 Å². The molecule has 1 aliphatic rings. The first-order valence-corrected chi connectivity index (χ1v) is 11.4. The Morgan fingerprint density at radius 2 is 1.66 bits per heavy atom. The molecule has 0 aromatic heterocycles. The highest BCUT2D eigenvalue weighted by atomic mass is 32.2. The van der Waals surface area contributed by atoms with E-state index in [1.54, 1.807) is 24.3 Å². The largest absolute Gasteiger partial charge is 0.486 e. The van der Waals surface area contributed by atoms with Crippen molar-refractivity contribution in [3.05, 3.63) is 83.9 Å². The molecule has 0 radical (unpaired) electrons. The average Bonchev–Trinajstić information content (AvgIpc) is 2.83. The Balaban J connectivity index is 1.37. The van der Waals surface area contributed by atoms with Gasteiger partial charge in [-0.25, -0.2) is 0 Å². The summed E-state index contributed by atoms with van der Waals surface area (Å²) in [5, 5.41) is 5.85. The van der Waals surface area contributed by atoms with Crippen LogP contribution < -0.4 is 20.1 Å². The fourth-order valence-electron chi connectivity index (χ4n) is 3.34. The first kappa shape index (κ1) is 21.8. The molecule has 0 spiro atoms. The van der Waals surface area contributed by atoms with Crippen molar-refractivity contribution in [3.8, 4) is 11.5 Å². The maximum atomic E-state index is 12.9. The monoisotopic (exact) mass is 448 g/mol. The van der Waals surface area contributed by atoms with Gasteiger partial charge < -0.3 is 20.1 Å². The van der Waals surface area contributed by atoms with Gasteiger partial charge in [0.05, 0.1) is 23.0 Å². The van der Waals surface area contributed by atoms with Crippen LogP contribution in [0.15, 0.2) is 77.7 Å². The average molecular weight is 449 g/mol. The van der Waals surface area contributed by atoms with E-state index < -0.39 is 0 Å². The number of fused-ring (bicyclic) bond motifs is 1. The van der Waals surface area contributed by atoms with Crippen molar-refractivity contribution in [2.45, 2.75) is 17.9 Å². The molecule has 3 aromatic carbocycles. The van der Waals surface area contributed by atoms with Gasteiger partial charge in [0.25, 0.3) is 5.91 Å². The van der Waals surface area contributed by atoms with E-state index in [-0.39, 0.29) is 23.6 Å². The fraction of sp³-hybridized carbons (Fsp3) is 0.200. The molecule has 3 aromatic rings. The molecule has 7 heteroatoms. The van der Waals surface area contributed by atoms with Gasteiger partial charge in [-0.1, -0.05) is 42.5 Å². The Bertz CT molecular complexity index is 1100. The quantitative estimate of drug-likeness (QED) is 0.513. The lowest BCUT2D eigenvalue weighted by Gasteiger charge is -2.18.